The van der Waals surface area contributed by atoms with Gasteiger partial charge in [0.25, 0.3) is 5.88 Å². The first-order chi connectivity index (χ1) is 12.7. The Balaban J connectivity index is 1.62. The second kappa shape index (κ2) is 6.41. The molecule has 0 radical (unpaired) electrons. The Morgan fingerprint density at radius 2 is 2.00 bits per heavy atom. The van der Waals surface area contributed by atoms with Gasteiger partial charge in [-0.2, -0.15) is 5.10 Å². The van der Waals surface area contributed by atoms with E-state index in [0.29, 0.717) is 11.3 Å². The van der Waals surface area contributed by atoms with Crippen LogP contribution < -0.4 is 4.74 Å². The van der Waals surface area contributed by atoms with Crippen LogP contribution in [-0.2, 0) is 0 Å². The average molecular weight is 345 g/mol. The van der Waals surface area contributed by atoms with E-state index >= 15 is 0 Å². The third-order valence-electron chi connectivity index (χ3n) is 3.59. The van der Waals surface area contributed by atoms with Gasteiger partial charge in [0.15, 0.2) is 0 Å². The van der Waals surface area contributed by atoms with Crippen LogP contribution in [0, 0.1) is 11.8 Å². The summed E-state index contributed by atoms with van der Waals surface area (Å²) >= 11 is 0. The van der Waals surface area contributed by atoms with Gasteiger partial charge in [-0.15, -0.1) is 5.10 Å². The number of para-hydroxylation sites is 1. The summed E-state index contributed by atoms with van der Waals surface area (Å²) in [7, 11) is 0. The van der Waals surface area contributed by atoms with Crippen LogP contribution in [0.5, 0.6) is 11.6 Å². The van der Waals surface area contributed by atoms with Crippen molar-refractivity contribution in [2.75, 3.05) is 0 Å². The fourth-order valence-corrected chi connectivity index (χ4v) is 2.40. The van der Waals surface area contributed by atoms with Crippen LogP contribution in [0.3, 0.4) is 0 Å². The number of fused-ring (bicyclic) bond motifs is 1. The van der Waals surface area contributed by atoms with Gasteiger partial charge in [-0.05, 0) is 24.3 Å². The molecule has 4 rings (SSSR count). The maximum atomic E-state index is 11.1. The number of carbonyl (C=O) groups is 1. The molecule has 0 bridgehead atoms. The van der Waals surface area contributed by atoms with E-state index in [4.69, 9.17) is 9.84 Å². The van der Waals surface area contributed by atoms with Gasteiger partial charge in [-0.25, -0.2) is 9.89 Å². The third kappa shape index (κ3) is 2.97. The van der Waals surface area contributed by atoms with Crippen molar-refractivity contribution >= 4 is 16.9 Å². The van der Waals surface area contributed by atoms with Crippen molar-refractivity contribution in [3.8, 4) is 23.5 Å². The van der Waals surface area contributed by atoms with Crippen molar-refractivity contribution in [3.05, 3.63) is 65.5 Å². The highest BCUT2D eigenvalue weighted by Gasteiger charge is 2.16. The first kappa shape index (κ1) is 15.4. The average Bonchev–Trinajstić information content (AvgIpc) is 3.29. The number of aromatic carboxylic acids is 1. The molecule has 0 aliphatic rings. The Morgan fingerprint density at radius 3 is 2.88 bits per heavy atom. The summed E-state index contributed by atoms with van der Waals surface area (Å²) in [5.41, 5.74) is 2.13. The van der Waals surface area contributed by atoms with E-state index < -0.39 is 5.97 Å². The standard InChI is InChI=1S/C18H11N5O3/c24-18(25)16-17(22-23-21-16)26-14-6-1-3-11(9-14)7-8-12-4-2-5-13-10-19-20-15(12)13/h1-6,9-10H,(H,19,20)(H,24,25)(H,21,22,23). The molecule has 4 aromatic rings. The molecule has 0 spiro atoms. The van der Waals surface area contributed by atoms with Gasteiger partial charge in [0, 0.05) is 10.9 Å². The maximum absolute atomic E-state index is 11.1. The first-order valence-electron chi connectivity index (χ1n) is 7.57. The largest absolute Gasteiger partial charge is 0.476 e. The number of aromatic amines is 2. The molecular formula is C18H11N5O3. The van der Waals surface area contributed by atoms with Crippen molar-refractivity contribution < 1.29 is 14.6 Å². The Morgan fingerprint density at radius 1 is 1.12 bits per heavy atom. The van der Waals surface area contributed by atoms with Crippen LogP contribution in [0.2, 0.25) is 0 Å². The number of nitrogens with zero attached hydrogens (tertiary/aromatic N) is 3. The minimum absolute atomic E-state index is 0.0372. The second-order valence-electron chi connectivity index (χ2n) is 5.31. The first-order valence-corrected chi connectivity index (χ1v) is 7.57. The van der Waals surface area contributed by atoms with E-state index in [1.54, 1.807) is 24.4 Å². The van der Waals surface area contributed by atoms with Crippen LogP contribution in [-0.4, -0.2) is 36.7 Å². The van der Waals surface area contributed by atoms with Gasteiger partial charge in [0.2, 0.25) is 5.69 Å². The lowest BCUT2D eigenvalue weighted by molar-refractivity contribution is 0.0687. The number of carboxylic acid groups (broad SMARTS) is 1. The minimum atomic E-state index is -1.22. The molecule has 8 heteroatoms. The highest BCUT2D eigenvalue weighted by atomic mass is 16.5. The van der Waals surface area contributed by atoms with Crippen molar-refractivity contribution in [2.45, 2.75) is 0 Å². The third-order valence-corrected chi connectivity index (χ3v) is 3.59. The van der Waals surface area contributed by atoms with E-state index in [-0.39, 0.29) is 11.6 Å². The lowest BCUT2D eigenvalue weighted by atomic mass is 10.1. The quantitative estimate of drug-likeness (QED) is 0.491. The maximum Gasteiger partial charge on any atom is 0.362 e. The molecule has 2 aromatic carbocycles. The summed E-state index contributed by atoms with van der Waals surface area (Å²) in [4.78, 5) is 11.1. The van der Waals surface area contributed by atoms with Gasteiger partial charge >= 0.3 is 5.97 Å². The summed E-state index contributed by atoms with van der Waals surface area (Å²) in [5.74, 6) is 5.33. The number of hydrogen-bond donors (Lipinski definition) is 3. The summed E-state index contributed by atoms with van der Waals surface area (Å²) in [6.45, 7) is 0. The Kier molecular flexibility index (Phi) is 3.80. The molecule has 8 nitrogen and oxygen atoms in total. The van der Waals surface area contributed by atoms with Crippen LogP contribution in [0.15, 0.2) is 48.7 Å². The molecule has 126 valence electrons. The highest BCUT2D eigenvalue weighted by Crippen LogP contribution is 2.22. The molecule has 0 atom stereocenters. The van der Waals surface area contributed by atoms with E-state index in [1.807, 2.05) is 24.3 Å². The Hall–Kier alpha value is -4.12. The van der Waals surface area contributed by atoms with Crippen molar-refractivity contribution in [3.63, 3.8) is 0 Å². The SMILES string of the molecule is O=C(O)c1nn[nH]c1Oc1cccc(C#Cc2cccc3cn[nH]c23)c1. The molecule has 3 N–H and O–H groups in total. The predicted molar refractivity (Wildman–Crippen MR) is 91.9 cm³/mol. The monoisotopic (exact) mass is 345 g/mol. The topological polar surface area (TPSA) is 117 Å². The Labute approximate surface area is 146 Å². The van der Waals surface area contributed by atoms with Gasteiger partial charge in [0.05, 0.1) is 17.3 Å². The lowest BCUT2D eigenvalue weighted by Crippen LogP contribution is -1.99. The van der Waals surface area contributed by atoms with E-state index in [2.05, 4.69) is 37.4 Å². The van der Waals surface area contributed by atoms with Crippen LogP contribution in [0.25, 0.3) is 10.9 Å². The molecule has 2 heterocycles. The van der Waals surface area contributed by atoms with Crippen molar-refractivity contribution in [1.82, 2.24) is 25.6 Å². The van der Waals surface area contributed by atoms with Gasteiger partial charge in [-0.1, -0.05) is 35.3 Å². The molecular weight excluding hydrogens is 334 g/mol. The van der Waals surface area contributed by atoms with Crippen molar-refractivity contribution in [2.24, 2.45) is 0 Å². The number of ether oxygens (including phenoxy) is 1. The summed E-state index contributed by atoms with van der Waals surface area (Å²) in [5, 5.41) is 26.3. The molecule has 0 aliphatic carbocycles. The van der Waals surface area contributed by atoms with Gasteiger partial charge in [-0.3, -0.25) is 5.10 Å². The molecule has 0 aliphatic heterocycles. The van der Waals surface area contributed by atoms with Crippen LogP contribution in [0.4, 0.5) is 0 Å². The molecule has 2 aromatic heterocycles. The highest BCUT2D eigenvalue weighted by molar-refractivity contribution is 5.87. The summed E-state index contributed by atoms with van der Waals surface area (Å²) in [6.07, 6.45) is 1.74. The molecule has 0 unspecified atom stereocenters. The smallest absolute Gasteiger partial charge is 0.362 e. The summed E-state index contributed by atoms with van der Waals surface area (Å²) < 4.78 is 5.52. The molecule has 0 saturated heterocycles. The lowest BCUT2D eigenvalue weighted by Gasteiger charge is -2.03. The number of H-pyrrole nitrogens is 2. The number of nitrogens with one attached hydrogen (secondary N) is 2. The zero-order valence-corrected chi connectivity index (χ0v) is 13.2. The van der Waals surface area contributed by atoms with Gasteiger partial charge in [0.1, 0.15) is 5.75 Å². The molecule has 0 amide bonds. The second-order valence-corrected chi connectivity index (χ2v) is 5.31. The van der Waals surface area contributed by atoms with Crippen LogP contribution >= 0.6 is 0 Å². The Bertz CT molecular complexity index is 1170. The molecule has 0 fully saturated rings. The normalized spacial score (nSPS) is 10.3. The number of rotatable bonds is 3. The number of aromatic nitrogens is 5. The number of hydrogen-bond acceptors (Lipinski definition) is 5. The van der Waals surface area contributed by atoms with E-state index in [1.165, 1.54) is 0 Å². The van der Waals surface area contributed by atoms with Crippen molar-refractivity contribution in [1.29, 1.82) is 0 Å². The zero-order valence-electron chi connectivity index (χ0n) is 13.2. The molecule has 0 saturated carbocycles. The van der Waals surface area contributed by atoms with E-state index in [0.717, 1.165) is 16.5 Å². The number of benzene rings is 2. The van der Waals surface area contributed by atoms with Gasteiger partial charge < -0.3 is 9.84 Å². The predicted octanol–water partition coefficient (Wildman–Crippen LogP) is 2.57. The fourth-order valence-electron chi connectivity index (χ4n) is 2.40. The minimum Gasteiger partial charge on any atom is -0.476 e. The number of carboxylic acids is 1. The van der Waals surface area contributed by atoms with E-state index in [9.17, 15) is 4.79 Å². The fraction of sp³-hybridized carbons (Fsp3) is 0. The summed E-state index contributed by atoms with van der Waals surface area (Å²) in [6, 6.07) is 12.8. The zero-order chi connectivity index (χ0) is 17.9. The van der Waals surface area contributed by atoms with Crippen LogP contribution in [0.1, 0.15) is 21.6 Å². The molecule has 26 heavy (non-hydrogen) atoms.